The third-order valence-electron chi connectivity index (χ3n) is 5.31. The Kier molecular flexibility index (Phi) is 6.47. The molecule has 1 fully saturated rings. The number of hydrogen-bond acceptors (Lipinski definition) is 5. The Morgan fingerprint density at radius 3 is 2.41 bits per heavy atom. The van der Waals surface area contributed by atoms with Crippen LogP contribution in [0.15, 0.2) is 12.4 Å². The van der Waals surface area contributed by atoms with Gasteiger partial charge in [0.25, 0.3) is 0 Å². The van der Waals surface area contributed by atoms with Gasteiger partial charge in [-0.2, -0.15) is 5.10 Å². The Hall–Kier alpha value is -1.95. The molecule has 0 radical (unpaired) electrons. The summed E-state index contributed by atoms with van der Waals surface area (Å²) >= 11 is 0. The number of anilines is 1. The molecule has 6 heteroatoms. The summed E-state index contributed by atoms with van der Waals surface area (Å²) < 4.78 is 2.00. The molecule has 0 aromatic carbocycles. The predicted molar refractivity (Wildman–Crippen MR) is 110 cm³/mol. The van der Waals surface area contributed by atoms with Crippen molar-refractivity contribution in [3.8, 4) is 0 Å². The van der Waals surface area contributed by atoms with Gasteiger partial charge in [0.05, 0.1) is 6.20 Å². The maximum atomic E-state index is 4.86. The van der Waals surface area contributed by atoms with Crippen LogP contribution in [0.4, 0.5) is 5.95 Å². The van der Waals surface area contributed by atoms with Crippen molar-refractivity contribution < 1.29 is 0 Å². The summed E-state index contributed by atoms with van der Waals surface area (Å²) in [5, 5.41) is 4.39. The fourth-order valence-electron chi connectivity index (χ4n) is 3.82. The van der Waals surface area contributed by atoms with Gasteiger partial charge in [0, 0.05) is 62.4 Å². The van der Waals surface area contributed by atoms with E-state index in [1.54, 1.807) is 0 Å². The minimum atomic E-state index is 0.626. The summed E-state index contributed by atoms with van der Waals surface area (Å²) in [5.41, 5.74) is 4.89. The molecule has 148 valence electrons. The lowest BCUT2D eigenvalue weighted by Crippen LogP contribution is -2.32. The molecule has 3 heterocycles. The van der Waals surface area contributed by atoms with Crippen molar-refractivity contribution in [1.82, 2.24) is 24.6 Å². The summed E-state index contributed by atoms with van der Waals surface area (Å²) in [6.45, 7) is 16.9. The van der Waals surface area contributed by atoms with Crippen LogP contribution < -0.4 is 4.90 Å². The van der Waals surface area contributed by atoms with Crippen LogP contribution in [0.3, 0.4) is 0 Å². The van der Waals surface area contributed by atoms with E-state index in [1.165, 1.54) is 11.1 Å². The second-order valence-corrected chi connectivity index (χ2v) is 8.09. The Morgan fingerprint density at radius 2 is 1.78 bits per heavy atom. The van der Waals surface area contributed by atoms with Gasteiger partial charge in [0.2, 0.25) is 5.95 Å². The third-order valence-corrected chi connectivity index (χ3v) is 5.31. The van der Waals surface area contributed by atoms with E-state index in [4.69, 9.17) is 9.97 Å². The van der Waals surface area contributed by atoms with Crippen molar-refractivity contribution in [3.05, 3.63) is 34.9 Å². The van der Waals surface area contributed by atoms with Crippen molar-refractivity contribution in [2.24, 2.45) is 5.92 Å². The summed E-state index contributed by atoms with van der Waals surface area (Å²) in [6, 6.07) is 0. The maximum Gasteiger partial charge on any atom is 0.225 e. The Bertz CT molecular complexity index is 728. The van der Waals surface area contributed by atoms with E-state index in [-0.39, 0.29) is 0 Å². The first-order valence-corrected chi connectivity index (χ1v) is 10.3. The van der Waals surface area contributed by atoms with Crippen LogP contribution in [-0.2, 0) is 19.5 Å². The molecule has 0 N–H and O–H groups in total. The molecule has 0 spiro atoms. The highest BCUT2D eigenvalue weighted by Crippen LogP contribution is 2.20. The summed E-state index contributed by atoms with van der Waals surface area (Å²) in [4.78, 5) is 14.6. The van der Waals surface area contributed by atoms with Crippen LogP contribution in [0.5, 0.6) is 0 Å². The zero-order chi connectivity index (χ0) is 19.4. The summed E-state index contributed by atoms with van der Waals surface area (Å²) in [6.07, 6.45) is 6.34. The first kappa shape index (κ1) is 19.8. The van der Waals surface area contributed by atoms with E-state index in [1.807, 2.05) is 10.9 Å². The second kappa shape index (κ2) is 8.83. The van der Waals surface area contributed by atoms with Gasteiger partial charge in [-0.15, -0.1) is 0 Å². The smallest absolute Gasteiger partial charge is 0.225 e. The number of aromatic nitrogens is 4. The summed E-state index contributed by atoms with van der Waals surface area (Å²) in [5.74, 6) is 1.53. The van der Waals surface area contributed by atoms with Crippen LogP contribution in [0, 0.1) is 19.8 Å². The van der Waals surface area contributed by atoms with Gasteiger partial charge >= 0.3 is 0 Å². The van der Waals surface area contributed by atoms with Crippen LogP contribution in [0.25, 0.3) is 0 Å². The lowest BCUT2D eigenvalue weighted by atomic mass is 10.0. The van der Waals surface area contributed by atoms with Crippen LogP contribution in [0.2, 0.25) is 0 Å². The number of hydrogen-bond donors (Lipinski definition) is 0. The molecule has 2 aromatic heterocycles. The quantitative estimate of drug-likeness (QED) is 0.781. The molecule has 1 saturated heterocycles. The lowest BCUT2D eigenvalue weighted by molar-refractivity contribution is 0.285. The van der Waals surface area contributed by atoms with Gasteiger partial charge in [-0.05, 0) is 45.1 Å². The van der Waals surface area contributed by atoms with E-state index in [0.717, 1.165) is 69.4 Å². The summed E-state index contributed by atoms with van der Waals surface area (Å²) in [7, 11) is 0. The van der Waals surface area contributed by atoms with Gasteiger partial charge in [0.15, 0.2) is 0 Å². The zero-order valence-electron chi connectivity index (χ0n) is 17.6. The fraction of sp³-hybridized carbons (Fsp3) is 0.667. The van der Waals surface area contributed by atoms with E-state index in [9.17, 15) is 0 Å². The van der Waals surface area contributed by atoms with Gasteiger partial charge in [0.1, 0.15) is 0 Å². The monoisotopic (exact) mass is 370 g/mol. The number of rotatable bonds is 6. The minimum absolute atomic E-state index is 0.626. The molecule has 0 amide bonds. The molecule has 0 saturated carbocycles. The topological polar surface area (TPSA) is 50.1 Å². The lowest BCUT2D eigenvalue weighted by Gasteiger charge is -2.23. The molecule has 1 aliphatic heterocycles. The van der Waals surface area contributed by atoms with Crippen LogP contribution in [-0.4, -0.2) is 50.8 Å². The Labute approximate surface area is 163 Å². The van der Waals surface area contributed by atoms with Crippen molar-refractivity contribution in [2.75, 3.05) is 31.1 Å². The maximum absolute atomic E-state index is 4.86. The average molecular weight is 371 g/mol. The van der Waals surface area contributed by atoms with Gasteiger partial charge < -0.3 is 4.90 Å². The molecule has 27 heavy (non-hydrogen) atoms. The number of nitrogens with zero attached hydrogens (tertiary/aromatic N) is 6. The normalized spacial score (nSPS) is 16.1. The van der Waals surface area contributed by atoms with Crippen molar-refractivity contribution in [2.45, 2.75) is 60.5 Å². The molecule has 0 bridgehead atoms. The van der Waals surface area contributed by atoms with E-state index in [2.05, 4.69) is 55.7 Å². The van der Waals surface area contributed by atoms with E-state index < -0.39 is 0 Å². The molecule has 0 aliphatic carbocycles. The Morgan fingerprint density at radius 1 is 1.04 bits per heavy atom. The third kappa shape index (κ3) is 5.06. The molecular formula is C21H34N6. The first-order valence-electron chi connectivity index (χ1n) is 10.3. The fourth-order valence-corrected chi connectivity index (χ4v) is 3.82. The molecule has 2 aromatic rings. The largest absolute Gasteiger partial charge is 0.339 e. The minimum Gasteiger partial charge on any atom is -0.339 e. The van der Waals surface area contributed by atoms with Gasteiger partial charge in [-0.3, -0.25) is 9.58 Å². The molecule has 1 aliphatic rings. The van der Waals surface area contributed by atoms with Crippen molar-refractivity contribution >= 4 is 5.95 Å². The standard InChI is InChI=1S/C21H34N6/c1-6-27-15-19(13-22-27)14-25-8-7-9-26(11-10-25)21-23-17(4)20(12-16(2)3)18(5)24-21/h13,15-16H,6-12,14H2,1-5H3. The highest BCUT2D eigenvalue weighted by atomic mass is 15.3. The Balaban J connectivity index is 1.65. The molecule has 0 unspecified atom stereocenters. The van der Waals surface area contributed by atoms with E-state index in [0.29, 0.717) is 5.92 Å². The molecule has 3 rings (SSSR count). The highest BCUT2D eigenvalue weighted by molar-refractivity contribution is 5.37. The van der Waals surface area contributed by atoms with E-state index >= 15 is 0 Å². The first-order chi connectivity index (χ1) is 13.0. The predicted octanol–water partition coefficient (Wildman–Crippen LogP) is 3.22. The zero-order valence-corrected chi connectivity index (χ0v) is 17.6. The van der Waals surface area contributed by atoms with Crippen molar-refractivity contribution in [1.29, 1.82) is 0 Å². The number of aryl methyl sites for hydroxylation is 3. The SMILES string of the molecule is CCn1cc(CN2CCCN(c3nc(C)c(CC(C)C)c(C)n3)CC2)cn1. The molecule has 0 atom stereocenters. The van der Waals surface area contributed by atoms with Gasteiger partial charge in [-0.1, -0.05) is 13.8 Å². The average Bonchev–Trinajstić information content (AvgIpc) is 2.94. The van der Waals surface area contributed by atoms with Crippen molar-refractivity contribution in [3.63, 3.8) is 0 Å². The van der Waals surface area contributed by atoms with Crippen LogP contribution in [0.1, 0.15) is 49.7 Å². The highest BCUT2D eigenvalue weighted by Gasteiger charge is 2.19. The van der Waals surface area contributed by atoms with Crippen LogP contribution >= 0.6 is 0 Å². The molecular weight excluding hydrogens is 336 g/mol. The van der Waals surface area contributed by atoms with Gasteiger partial charge in [-0.25, -0.2) is 9.97 Å². The molecule has 6 nitrogen and oxygen atoms in total. The second-order valence-electron chi connectivity index (χ2n) is 8.09.